The Morgan fingerprint density at radius 3 is 2.00 bits per heavy atom. The van der Waals surface area contributed by atoms with Crippen molar-refractivity contribution in [3.05, 3.63) is 21.4 Å². The van der Waals surface area contributed by atoms with E-state index in [1.807, 2.05) is 19.1 Å². The van der Waals surface area contributed by atoms with E-state index in [0.29, 0.717) is 4.90 Å². The fraction of sp³-hybridized carbons (Fsp3) is 0.222. The number of halogens is 2. The van der Waals surface area contributed by atoms with Gasteiger partial charge in [0.05, 0.1) is 0 Å². The molecule has 0 fully saturated rings. The van der Waals surface area contributed by atoms with E-state index in [4.69, 9.17) is 33.7 Å². The van der Waals surface area contributed by atoms with E-state index in [0.717, 1.165) is 5.75 Å². The zero-order valence-corrected chi connectivity index (χ0v) is 10.0. The minimum absolute atomic E-state index is 0.0393. The van der Waals surface area contributed by atoms with E-state index in [9.17, 15) is 0 Å². The van der Waals surface area contributed by atoms with Crippen molar-refractivity contribution in [3.63, 3.8) is 0 Å². The summed E-state index contributed by atoms with van der Waals surface area (Å²) in [7, 11) is 0. The lowest BCUT2D eigenvalue weighted by Gasteiger charge is -2.06. The van der Waals surface area contributed by atoms with Gasteiger partial charge in [0.25, 0.3) is 0 Å². The van der Waals surface area contributed by atoms with Crippen LogP contribution in [0.4, 0.5) is 0 Å². The van der Waals surface area contributed by atoms with Crippen LogP contribution < -0.4 is 0 Å². The molecule has 15 heavy (non-hydrogen) atoms. The second-order valence-electron chi connectivity index (χ2n) is 2.43. The standard InChI is InChI=1S/C9H5Cl2N3S/c1-2-15-7-5(3-12)8(10)14-9(11)6(7)4-13/h2H2,1H3. The highest BCUT2D eigenvalue weighted by Gasteiger charge is 2.17. The molecular formula is C9H5Cl2N3S. The van der Waals surface area contributed by atoms with Crippen LogP contribution in [0, 0.1) is 22.7 Å². The zero-order chi connectivity index (χ0) is 11.4. The summed E-state index contributed by atoms with van der Waals surface area (Å²) in [5.41, 5.74) is 0.425. The third-order valence-electron chi connectivity index (χ3n) is 1.58. The second kappa shape index (κ2) is 5.23. The van der Waals surface area contributed by atoms with Crippen LogP contribution in [0.25, 0.3) is 0 Å². The van der Waals surface area contributed by atoms with Crippen molar-refractivity contribution in [1.82, 2.24) is 4.98 Å². The van der Waals surface area contributed by atoms with E-state index in [-0.39, 0.29) is 21.4 Å². The monoisotopic (exact) mass is 257 g/mol. The highest BCUT2D eigenvalue weighted by Crippen LogP contribution is 2.33. The summed E-state index contributed by atoms with van der Waals surface area (Å²) < 4.78 is 0. The van der Waals surface area contributed by atoms with Gasteiger partial charge in [0.2, 0.25) is 0 Å². The first-order valence-corrected chi connectivity index (χ1v) is 5.71. The molecule has 1 heterocycles. The van der Waals surface area contributed by atoms with Gasteiger partial charge in [0.1, 0.15) is 33.6 Å². The lowest BCUT2D eigenvalue weighted by molar-refractivity contribution is 1.19. The highest BCUT2D eigenvalue weighted by atomic mass is 35.5. The van der Waals surface area contributed by atoms with Gasteiger partial charge in [-0.2, -0.15) is 10.5 Å². The van der Waals surface area contributed by atoms with Crippen LogP contribution in [0.1, 0.15) is 18.1 Å². The van der Waals surface area contributed by atoms with Gasteiger partial charge in [-0.1, -0.05) is 30.1 Å². The summed E-state index contributed by atoms with van der Waals surface area (Å²) in [4.78, 5) is 4.24. The number of nitriles is 2. The Morgan fingerprint density at radius 2 is 1.67 bits per heavy atom. The van der Waals surface area contributed by atoms with Gasteiger partial charge in [0, 0.05) is 4.90 Å². The molecule has 0 atom stereocenters. The van der Waals surface area contributed by atoms with Crippen LogP contribution in [-0.2, 0) is 0 Å². The third-order valence-corrected chi connectivity index (χ3v) is 3.11. The minimum Gasteiger partial charge on any atom is -0.222 e. The largest absolute Gasteiger partial charge is 0.222 e. The molecule has 0 aromatic carbocycles. The predicted molar refractivity (Wildman–Crippen MR) is 60.1 cm³/mol. The fourth-order valence-corrected chi connectivity index (χ4v) is 2.45. The number of pyridine rings is 1. The lowest BCUT2D eigenvalue weighted by atomic mass is 10.2. The van der Waals surface area contributed by atoms with E-state index in [1.54, 1.807) is 0 Å². The van der Waals surface area contributed by atoms with E-state index in [1.165, 1.54) is 11.8 Å². The maximum atomic E-state index is 8.90. The van der Waals surface area contributed by atoms with E-state index >= 15 is 0 Å². The summed E-state index contributed by atoms with van der Waals surface area (Å²) in [6, 6.07) is 3.85. The molecular weight excluding hydrogens is 253 g/mol. The molecule has 0 spiro atoms. The molecule has 1 aromatic rings. The number of nitrogens with zero attached hydrogens (tertiary/aromatic N) is 3. The Bertz CT molecular complexity index is 435. The van der Waals surface area contributed by atoms with Crippen molar-refractivity contribution in [2.24, 2.45) is 0 Å². The summed E-state index contributed by atoms with van der Waals surface area (Å²) in [6.45, 7) is 1.91. The van der Waals surface area contributed by atoms with Crippen molar-refractivity contribution in [2.75, 3.05) is 5.75 Å². The molecule has 0 amide bonds. The van der Waals surface area contributed by atoms with Crippen LogP contribution in [0.2, 0.25) is 10.3 Å². The summed E-state index contributed by atoms with van der Waals surface area (Å²) >= 11 is 12.9. The molecule has 0 aliphatic carbocycles. The Morgan fingerprint density at radius 1 is 1.20 bits per heavy atom. The average Bonchev–Trinajstić information content (AvgIpc) is 2.18. The summed E-state index contributed by atoms with van der Waals surface area (Å²) in [5.74, 6) is 0.722. The van der Waals surface area contributed by atoms with Crippen molar-refractivity contribution in [2.45, 2.75) is 11.8 Å². The Labute approximate surface area is 102 Å². The third kappa shape index (κ3) is 2.35. The van der Waals surface area contributed by atoms with Crippen molar-refractivity contribution >= 4 is 35.0 Å². The maximum absolute atomic E-state index is 8.90. The first kappa shape index (κ1) is 12.1. The number of rotatable bonds is 2. The van der Waals surface area contributed by atoms with Gasteiger partial charge in [-0.15, -0.1) is 11.8 Å². The smallest absolute Gasteiger partial charge is 0.149 e. The van der Waals surface area contributed by atoms with E-state index < -0.39 is 0 Å². The van der Waals surface area contributed by atoms with Gasteiger partial charge >= 0.3 is 0 Å². The molecule has 0 radical (unpaired) electrons. The molecule has 6 heteroatoms. The molecule has 76 valence electrons. The normalized spacial score (nSPS) is 9.40. The molecule has 3 nitrogen and oxygen atoms in total. The van der Waals surface area contributed by atoms with Crippen LogP contribution in [0.5, 0.6) is 0 Å². The summed E-state index contributed by atoms with van der Waals surface area (Å²) in [5, 5.41) is 17.9. The zero-order valence-electron chi connectivity index (χ0n) is 7.71. The topological polar surface area (TPSA) is 60.5 Å². The fourth-order valence-electron chi connectivity index (χ4n) is 0.993. The van der Waals surface area contributed by atoms with Crippen molar-refractivity contribution in [1.29, 1.82) is 10.5 Å². The summed E-state index contributed by atoms with van der Waals surface area (Å²) in [6.07, 6.45) is 0. The van der Waals surface area contributed by atoms with Crippen LogP contribution in [0.15, 0.2) is 4.90 Å². The SMILES string of the molecule is CCSc1c(C#N)c(Cl)nc(Cl)c1C#N. The predicted octanol–water partition coefficient (Wildman–Crippen LogP) is 3.24. The number of hydrogen-bond donors (Lipinski definition) is 0. The van der Waals surface area contributed by atoms with Crippen molar-refractivity contribution < 1.29 is 0 Å². The van der Waals surface area contributed by atoms with Gasteiger partial charge in [-0.25, -0.2) is 4.98 Å². The number of aromatic nitrogens is 1. The van der Waals surface area contributed by atoms with Gasteiger partial charge in [-0.3, -0.25) is 0 Å². The maximum Gasteiger partial charge on any atom is 0.149 e. The van der Waals surface area contributed by atoms with Gasteiger partial charge in [-0.05, 0) is 5.75 Å². The molecule has 0 saturated heterocycles. The molecule has 0 N–H and O–H groups in total. The molecule has 0 bridgehead atoms. The Hall–Kier alpha value is -0.940. The van der Waals surface area contributed by atoms with Crippen LogP contribution >= 0.6 is 35.0 Å². The quantitative estimate of drug-likeness (QED) is 0.603. The first-order valence-electron chi connectivity index (χ1n) is 3.97. The highest BCUT2D eigenvalue weighted by molar-refractivity contribution is 7.99. The molecule has 1 rings (SSSR count). The van der Waals surface area contributed by atoms with Gasteiger partial charge < -0.3 is 0 Å². The second-order valence-corrected chi connectivity index (χ2v) is 4.42. The van der Waals surface area contributed by atoms with Crippen LogP contribution in [-0.4, -0.2) is 10.7 Å². The van der Waals surface area contributed by atoms with Gasteiger partial charge in [0.15, 0.2) is 0 Å². The molecule has 1 aromatic heterocycles. The number of thioether (sulfide) groups is 1. The lowest BCUT2D eigenvalue weighted by Crippen LogP contribution is -1.94. The molecule has 0 aliphatic heterocycles. The molecule has 0 saturated carbocycles. The minimum atomic E-state index is 0.0393. The average molecular weight is 258 g/mol. The van der Waals surface area contributed by atoms with E-state index in [2.05, 4.69) is 4.98 Å². The number of hydrogen-bond acceptors (Lipinski definition) is 4. The Balaban J connectivity index is 3.54. The Kier molecular flexibility index (Phi) is 4.23. The van der Waals surface area contributed by atoms with Crippen LogP contribution in [0.3, 0.4) is 0 Å². The van der Waals surface area contributed by atoms with Crippen molar-refractivity contribution in [3.8, 4) is 12.1 Å². The first-order chi connectivity index (χ1) is 7.15. The molecule has 0 unspecified atom stereocenters. The molecule has 0 aliphatic rings.